The number of aromatic nitrogens is 1. The first-order valence-electron chi connectivity index (χ1n) is 5.49. The molecule has 0 spiro atoms. The average Bonchev–Trinajstić information content (AvgIpc) is 2.85. The molecule has 0 bridgehead atoms. The quantitative estimate of drug-likeness (QED) is 0.726. The van der Waals surface area contributed by atoms with Crippen LogP contribution in [0, 0.1) is 17.7 Å². The summed E-state index contributed by atoms with van der Waals surface area (Å²) in [6.45, 7) is 2.05. The van der Waals surface area contributed by atoms with Gasteiger partial charge in [0.2, 0.25) is 0 Å². The van der Waals surface area contributed by atoms with E-state index in [4.69, 9.17) is 0 Å². The summed E-state index contributed by atoms with van der Waals surface area (Å²) in [4.78, 5) is 4.12. The first-order chi connectivity index (χ1) is 8.33. The Morgan fingerprint density at radius 3 is 3.00 bits per heavy atom. The summed E-state index contributed by atoms with van der Waals surface area (Å²) in [5.41, 5.74) is 3.34. The lowest BCUT2D eigenvalue weighted by Gasteiger charge is -2.01. The Morgan fingerprint density at radius 2 is 2.29 bits per heavy atom. The average molecular weight is 245 g/mol. The van der Waals surface area contributed by atoms with Crippen molar-refractivity contribution in [1.29, 1.82) is 0 Å². The molecule has 1 aromatic carbocycles. The Balaban J connectivity index is 2.38. The van der Waals surface area contributed by atoms with E-state index in [1.54, 1.807) is 17.6 Å². The van der Waals surface area contributed by atoms with E-state index in [0.717, 1.165) is 12.8 Å². The van der Waals surface area contributed by atoms with E-state index in [0.29, 0.717) is 16.8 Å². The zero-order valence-electron chi connectivity index (χ0n) is 9.53. The zero-order chi connectivity index (χ0) is 12.1. The monoisotopic (exact) mass is 245 g/mol. The fourth-order valence-corrected chi connectivity index (χ4v) is 2.01. The van der Waals surface area contributed by atoms with Crippen LogP contribution in [0.25, 0.3) is 11.3 Å². The minimum Gasteiger partial charge on any atom is -0.245 e. The molecule has 1 heterocycles. The lowest BCUT2D eigenvalue weighted by atomic mass is 10.1. The summed E-state index contributed by atoms with van der Waals surface area (Å²) in [5, 5.41) is 1.83. The first-order valence-corrected chi connectivity index (χ1v) is 6.43. The highest BCUT2D eigenvalue weighted by Gasteiger charge is 2.09. The molecule has 0 saturated heterocycles. The second-order valence-corrected chi connectivity index (χ2v) is 4.31. The predicted molar refractivity (Wildman–Crippen MR) is 69.3 cm³/mol. The predicted octanol–water partition coefficient (Wildman–Crippen LogP) is 4.10. The molecule has 0 amide bonds. The fourth-order valence-electron chi connectivity index (χ4n) is 1.45. The smallest absolute Gasteiger partial charge is 0.148 e. The van der Waals surface area contributed by atoms with Crippen molar-refractivity contribution in [2.75, 3.05) is 0 Å². The highest BCUT2D eigenvalue weighted by atomic mass is 32.1. The fraction of sp³-hybridized carbons (Fsp3) is 0.214. The van der Waals surface area contributed by atoms with Gasteiger partial charge in [-0.2, -0.15) is 0 Å². The first kappa shape index (κ1) is 11.8. The highest BCUT2D eigenvalue weighted by Crippen LogP contribution is 2.24. The standard InChI is InChI=1S/C14H12FNS/c1-2-3-4-6-11-7-5-8-12(14(11)15)13-9-17-10-16-13/h5,7-10H,2-3H2,1H3. The van der Waals surface area contributed by atoms with Gasteiger partial charge in [0.25, 0.3) is 0 Å². The summed E-state index contributed by atoms with van der Waals surface area (Å²) in [6.07, 6.45) is 1.78. The van der Waals surface area contributed by atoms with Gasteiger partial charge in [-0.05, 0) is 18.6 Å². The third-order valence-electron chi connectivity index (χ3n) is 2.31. The third-order valence-corrected chi connectivity index (χ3v) is 2.89. The number of halogens is 1. The Bertz CT molecular complexity index is 549. The lowest BCUT2D eigenvalue weighted by Crippen LogP contribution is -1.89. The lowest BCUT2D eigenvalue weighted by molar-refractivity contribution is 0.627. The minimum absolute atomic E-state index is 0.276. The van der Waals surface area contributed by atoms with E-state index in [-0.39, 0.29) is 5.82 Å². The van der Waals surface area contributed by atoms with E-state index >= 15 is 0 Å². The van der Waals surface area contributed by atoms with Gasteiger partial charge in [0.05, 0.1) is 16.8 Å². The van der Waals surface area contributed by atoms with Crippen molar-refractivity contribution in [3.63, 3.8) is 0 Å². The summed E-state index contributed by atoms with van der Waals surface area (Å²) < 4.78 is 14.1. The van der Waals surface area contributed by atoms with Gasteiger partial charge >= 0.3 is 0 Å². The van der Waals surface area contributed by atoms with Crippen LogP contribution in [0.5, 0.6) is 0 Å². The van der Waals surface area contributed by atoms with Crippen LogP contribution in [-0.2, 0) is 0 Å². The molecule has 0 unspecified atom stereocenters. The molecule has 0 fully saturated rings. The molecule has 2 rings (SSSR count). The van der Waals surface area contributed by atoms with E-state index < -0.39 is 0 Å². The zero-order valence-corrected chi connectivity index (χ0v) is 10.4. The van der Waals surface area contributed by atoms with Gasteiger partial charge in [-0.1, -0.05) is 24.8 Å². The number of rotatable bonds is 2. The van der Waals surface area contributed by atoms with Gasteiger partial charge in [0.15, 0.2) is 0 Å². The highest BCUT2D eigenvalue weighted by molar-refractivity contribution is 7.07. The number of nitrogens with zero attached hydrogens (tertiary/aromatic N) is 1. The van der Waals surface area contributed by atoms with Crippen LogP contribution in [0.2, 0.25) is 0 Å². The molecular formula is C14H12FNS. The molecule has 0 aliphatic rings. The third kappa shape index (κ3) is 2.72. The van der Waals surface area contributed by atoms with Crippen LogP contribution in [0.1, 0.15) is 25.3 Å². The Morgan fingerprint density at radius 1 is 1.41 bits per heavy atom. The SMILES string of the molecule is CCCC#Cc1cccc(-c2cscn2)c1F. The van der Waals surface area contributed by atoms with Crippen molar-refractivity contribution >= 4 is 11.3 Å². The Kier molecular flexibility index (Phi) is 3.89. The Labute approximate surface area is 104 Å². The van der Waals surface area contributed by atoms with Gasteiger partial charge in [-0.3, -0.25) is 0 Å². The molecule has 0 saturated carbocycles. The van der Waals surface area contributed by atoms with Gasteiger partial charge in [-0.25, -0.2) is 9.37 Å². The summed E-state index contributed by atoms with van der Waals surface area (Å²) in [6, 6.07) is 5.25. The van der Waals surface area contributed by atoms with E-state index in [2.05, 4.69) is 23.7 Å². The second kappa shape index (κ2) is 5.60. The molecule has 2 aromatic rings. The number of thiazole rings is 1. The van der Waals surface area contributed by atoms with E-state index in [1.807, 2.05) is 11.4 Å². The number of hydrogen-bond donors (Lipinski definition) is 0. The molecule has 3 heteroatoms. The van der Waals surface area contributed by atoms with E-state index in [9.17, 15) is 4.39 Å². The van der Waals surface area contributed by atoms with Crippen molar-refractivity contribution < 1.29 is 4.39 Å². The molecular weight excluding hydrogens is 233 g/mol. The molecule has 0 N–H and O–H groups in total. The summed E-state index contributed by atoms with van der Waals surface area (Å²) in [5.74, 6) is 5.55. The van der Waals surface area contributed by atoms with Gasteiger partial charge in [-0.15, -0.1) is 11.3 Å². The van der Waals surface area contributed by atoms with Crippen LogP contribution in [0.4, 0.5) is 4.39 Å². The largest absolute Gasteiger partial charge is 0.245 e. The molecule has 0 radical (unpaired) electrons. The molecule has 0 aliphatic heterocycles. The van der Waals surface area contributed by atoms with Gasteiger partial charge < -0.3 is 0 Å². The van der Waals surface area contributed by atoms with Crippen molar-refractivity contribution in [3.8, 4) is 23.1 Å². The molecule has 0 atom stereocenters. The van der Waals surface area contributed by atoms with Crippen molar-refractivity contribution in [2.24, 2.45) is 0 Å². The Hall–Kier alpha value is -1.66. The maximum Gasteiger partial charge on any atom is 0.148 e. The number of hydrogen-bond acceptors (Lipinski definition) is 2. The molecule has 0 aliphatic carbocycles. The van der Waals surface area contributed by atoms with Crippen LogP contribution >= 0.6 is 11.3 Å². The van der Waals surface area contributed by atoms with Crippen molar-refractivity contribution in [3.05, 3.63) is 40.5 Å². The van der Waals surface area contributed by atoms with Crippen molar-refractivity contribution in [1.82, 2.24) is 4.98 Å². The van der Waals surface area contributed by atoms with Crippen LogP contribution < -0.4 is 0 Å². The van der Waals surface area contributed by atoms with Gasteiger partial charge in [0, 0.05) is 17.4 Å². The van der Waals surface area contributed by atoms with E-state index in [1.165, 1.54) is 11.3 Å². The molecule has 86 valence electrons. The topological polar surface area (TPSA) is 12.9 Å². The minimum atomic E-state index is -0.276. The van der Waals surface area contributed by atoms with Crippen LogP contribution in [0.15, 0.2) is 29.1 Å². The maximum atomic E-state index is 14.1. The van der Waals surface area contributed by atoms with Crippen molar-refractivity contribution in [2.45, 2.75) is 19.8 Å². The van der Waals surface area contributed by atoms with Crippen LogP contribution in [0.3, 0.4) is 0 Å². The second-order valence-electron chi connectivity index (χ2n) is 3.59. The molecule has 1 nitrogen and oxygen atoms in total. The number of benzene rings is 1. The normalized spacial score (nSPS) is 9.76. The van der Waals surface area contributed by atoms with Crippen LogP contribution in [-0.4, -0.2) is 4.98 Å². The maximum absolute atomic E-state index is 14.1. The molecule has 1 aromatic heterocycles. The summed E-state index contributed by atoms with van der Waals surface area (Å²) in [7, 11) is 0. The molecule has 17 heavy (non-hydrogen) atoms. The van der Waals surface area contributed by atoms with Gasteiger partial charge in [0.1, 0.15) is 5.82 Å². The number of unbranched alkanes of at least 4 members (excludes halogenated alkanes) is 1. The summed E-state index contributed by atoms with van der Waals surface area (Å²) >= 11 is 1.46.